The summed E-state index contributed by atoms with van der Waals surface area (Å²) >= 11 is 0. The van der Waals surface area contributed by atoms with Crippen molar-refractivity contribution in [3.8, 4) is 0 Å². The first-order chi connectivity index (χ1) is 32.9. The second-order valence-corrected chi connectivity index (χ2v) is 17.8. The first-order valence-corrected chi connectivity index (χ1v) is 23.2. The summed E-state index contributed by atoms with van der Waals surface area (Å²) in [7, 11) is 0. The molecule has 0 bridgehead atoms. The van der Waals surface area contributed by atoms with Crippen molar-refractivity contribution >= 4 is 65.2 Å². The number of carbonyl (C=O) groups excluding carboxylic acids is 8. The van der Waals surface area contributed by atoms with E-state index in [0.29, 0.717) is 18.4 Å². The van der Waals surface area contributed by atoms with Gasteiger partial charge in [0.05, 0.1) is 19.6 Å². The number of aliphatic imine (C=N–C) groups is 1. The second kappa shape index (κ2) is 29.2. The van der Waals surface area contributed by atoms with Gasteiger partial charge in [0.15, 0.2) is 5.96 Å². The predicted octanol–water partition coefficient (Wildman–Crippen LogP) is -3.46. The fourth-order valence-electron chi connectivity index (χ4n) is 7.46. The molecule has 16 N–H and O–H groups in total. The molecule has 70 heavy (non-hydrogen) atoms. The van der Waals surface area contributed by atoms with Gasteiger partial charge < -0.3 is 74.6 Å². The number of guanidine groups is 1. The van der Waals surface area contributed by atoms with Crippen LogP contribution in [0.25, 0.3) is 0 Å². The van der Waals surface area contributed by atoms with Crippen LogP contribution < -0.4 is 54.4 Å². The van der Waals surface area contributed by atoms with Crippen LogP contribution in [0.3, 0.4) is 0 Å². The highest BCUT2D eigenvalue weighted by molar-refractivity contribution is 5.99. The Balaban J connectivity index is 2.42. The molecule has 1 heterocycles. The maximum atomic E-state index is 14.2. The van der Waals surface area contributed by atoms with Crippen molar-refractivity contribution in [2.75, 3.05) is 26.2 Å². The molecule has 390 valence electrons. The molecule has 1 aliphatic rings. The number of carboxylic acid groups (broad SMARTS) is 2. The van der Waals surface area contributed by atoms with Crippen LogP contribution in [0.1, 0.15) is 85.6 Å². The van der Waals surface area contributed by atoms with E-state index in [-0.39, 0.29) is 51.3 Å². The molecule has 1 aromatic carbocycles. The number of carboxylic acids is 2. The molecule has 8 amide bonds. The number of benzene rings is 1. The van der Waals surface area contributed by atoms with Crippen molar-refractivity contribution in [3.63, 3.8) is 0 Å². The summed E-state index contributed by atoms with van der Waals surface area (Å²) in [5, 5.41) is 47.1. The number of nitrogens with one attached hydrogen (secondary N) is 7. The van der Waals surface area contributed by atoms with E-state index in [4.69, 9.17) is 17.2 Å². The Morgan fingerprint density at radius 3 is 1.81 bits per heavy atom. The summed E-state index contributed by atoms with van der Waals surface area (Å²) in [5.74, 6) is -11.4. The third-order valence-electron chi connectivity index (χ3n) is 11.6. The van der Waals surface area contributed by atoms with E-state index in [9.17, 15) is 63.3 Å². The molecule has 0 aromatic heterocycles. The summed E-state index contributed by atoms with van der Waals surface area (Å²) in [6.45, 7) is 8.63. The highest BCUT2D eigenvalue weighted by Gasteiger charge is 2.41. The number of nitrogens with two attached hydrogens (primary N) is 3. The van der Waals surface area contributed by atoms with Gasteiger partial charge in [-0.15, -0.1) is 0 Å². The molecule has 1 fully saturated rings. The predicted molar refractivity (Wildman–Crippen MR) is 253 cm³/mol. The summed E-state index contributed by atoms with van der Waals surface area (Å²) < 4.78 is 0. The van der Waals surface area contributed by atoms with Crippen molar-refractivity contribution in [1.82, 2.24) is 42.1 Å². The molecule has 9 atom stereocenters. The van der Waals surface area contributed by atoms with E-state index in [2.05, 4.69) is 42.2 Å². The standard InChI is InChI=1S/C45H72N12O13/c1-7-25(6)36(56-41(66)34(23(2)3)54-32(59)21-46)42(67)53-30(22-58)43(68)57-18-12-16-31(57)40(65)50-27(15-11-17-49-45(47)48)37(62)51-28(19-26-13-9-8-10-14-26)38(63)52-29(20-33(60)61)39(64)55-35(24(4)5)44(69)70/h8-10,13-14,23-25,27-31,34-36,58H,7,11-12,15-22,46H2,1-6H3,(H,50,65)(H,51,62)(H,52,63)(H,53,67)(H,54,59)(H,55,64)(H,56,66)(H,60,61)(H,69,70)(H4,47,48,49)/t25-,27-,28-,29-,30-,31-,34-,35-,36-/m0/s1. The average Bonchev–Trinajstić information content (AvgIpc) is 3.80. The van der Waals surface area contributed by atoms with E-state index in [1.807, 2.05) is 0 Å². The summed E-state index contributed by atoms with van der Waals surface area (Å²) in [6, 6.07) is -2.85. The minimum Gasteiger partial charge on any atom is -0.481 e. The normalized spacial score (nSPS) is 16.7. The number of rotatable bonds is 29. The highest BCUT2D eigenvalue weighted by Crippen LogP contribution is 2.20. The lowest BCUT2D eigenvalue weighted by atomic mass is 9.96. The van der Waals surface area contributed by atoms with Crippen LogP contribution in [0.2, 0.25) is 0 Å². The molecular weight excluding hydrogens is 917 g/mol. The quantitative estimate of drug-likeness (QED) is 0.0211. The smallest absolute Gasteiger partial charge is 0.326 e. The molecule has 1 aromatic rings. The zero-order valence-corrected chi connectivity index (χ0v) is 40.6. The number of nitrogens with zero attached hydrogens (tertiary/aromatic N) is 2. The van der Waals surface area contributed by atoms with Gasteiger partial charge in [0, 0.05) is 19.5 Å². The Morgan fingerprint density at radius 1 is 0.714 bits per heavy atom. The van der Waals surface area contributed by atoms with Crippen LogP contribution in [0.4, 0.5) is 0 Å². The van der Waals surface area contributed by atoms with Crippen LogP contribution >= 0.6 is 0 Å². The van der Waals surface area contributed by atoms with Gasteiger partial charge in [-0.2, -0.15) is 0 Å². The number of amides is 8. The van der Waals surface area contributed by atoms with E-state index in [1.165, 1.54) is 13.8 Å². The molecular formula is C45H72N12O13. The number of hydrogen-bond donors (Lipinski definition) is 13. The molecule has 0 radical (unpaired) electrons. The van der Waals surface area contributed by atoms with Crippen molar-refractivity contribution in [3.05, 3.63) is 35.9 Å². The number of likely N-dealkylation sites (tertiary alicyclic amines) is 1. The first-order valence-electron chi connectivity index (χ1n) is 23.2. The third kappa shape index (κ3) is 18.9. The van der Waals surface area contributed by atoms with E-state index < -0.39 is 138 Å². The first kappa shape index (κ1) is 59.2. The van der Waals surface area contributed by atoms with Gasteiger partial charge in [-0.05, 0) is 49.0 Å². The average molecular weight is 989 g/mol. The Bertz CT molecular complexity index is 2020. The molecule has 0 unspecified atom stereocenters. The zero-order valence-electron chi connectivity index (χ0n) is 40.6. The van der Waals surface area contributed by atoms with Gasteiger partial charge in [-0.25, -0.2) is 4.79 Å². The van der Waals surface area contributed by atoms with E-state index in [1.54, 1.807) is 58.0 Å². The van der Waals surface area contributed by atoms with Gasteiger partial charge in [-0.1, -0.05) is 78.3 Å². The summed E-state index contributed by atoms with van der Waals surface area (Å²) in [4.78, 5) is 138. The number of hydrogen-bond acceptors (Lipinski definition) is 13. The fraction of sp³-hybridized carbons (Fsp3) is 0.622. The minimum atomic E-state index is -1.78. The molecule has 25 nitrogen and oxygen atoms in total. The SMILES string of the molecule is CC[C@H](C)[C@H](NC(=O)[C@@H](NC(=O)CN)C(C)C)C(=O)N[C@@H](CO)C(=O)N1CCC[C@H]1C(=O)N[C@@H](CCCN=C(N)N)C(=O)N[C@@H](Cc1ccccc1)C(=O)N[C@@H](CC(=O)O)C(=O)N[C@H](C(=O)O)C(C)C. The van der Waals surface area contributed by atoms with Gasteiger partial charge in [0.2, 0.25) is 47.3 Å². The largest absolute Gasteiger partial charge is 0.481 e. The monoisotopic (exact) mass is 989 g/mol. The van der Waals surface area contributed by atoms with Crippen LogP contribution in [0, 0.1) is 17.8 Å². The molecule has 1 saturated heterocycles. The van der Waals surface area contributed by atoms with E-state index >= 15 is 0 Å². The van der Waals surface area contributed by atoms with Crippen LogP contribution in [-0.2, 0) is 54.4 Å². The Hall–Kier alpha value is -6.89. The Kier molecular flexibility index (Phi) is 24.7. The lowest BCUT2D eigenvalue weighted by Gasteiger charge is -2.31. The maximum absolute atomic E-state index is 14.2. The third-order valence-corrected chi connectivity index (χ3v) is 11.6. The van der Waals surface area contributed by atoms with Gasteiger partial charge in [-0.3, -0.25) is 48.1 Å². The maximum Gasteiger partial charge on any atom is 0.326 e. The Morgan fingerprint density at radius 2 is 1.27 bits per heavy atom. The highest BCUT2D eigenvalue weighted by atomic mass is 16.4. The molecule has 1 aliphatic heterocycles. The molecule has 0 saturated carbocycles. The molecule has 2 rings (SSSR count). The fourth-order valence-corrected chi connectivity index (χ4v) is 7.46. The van der Waals surface area contributed by atoms with Crippen molar-refractivity contribution in [1.29, 1.82) is 0 Å². The number of carbonyl (C=O) groups is 10. The summed E-state index contributed by atoms with van der Waals surface area (Å²) in [5.41, 5.74) is 16.9. The number of aliphatic hydroxyl groups is 1. The van der Waals surface area contributed by atoms with Gasteiger partial charge in [0.25, 0.3) is 0 Å². The lowest BCUT2D eigenvalue weighted by Crippen LogP contribution is -2.61. The topological polar surface area (TPSA) is 409 Å². The molecule has 0 aliphatic carbocycles. The van der Waals surface area contributed by atoms with Crippen LogP contribution in [0.15, 0.2) is 35.3 Å². The van der Waals surface area contributed by atoms with Crippen molar-refractivity contribution < 1.29 is 63.3 Å². The summed E-state index contributed by atoms with van der Waals surface area (Å²) in [6.07, 6.45) is -0.320. The van der Waals surface area contributed by atoms with E-state index in [0.717, 1.165) is 4.90 Å². The number of aliphatic carboxylic acids is 2. The Labute approximate surface area is 406 Å². The van der Waals surface area contributed by atoms with Crippen LogP contribution in [-0.4, -0.2) is 160 Å². The van der Waals surface area contributed by atoms with Crippen molar-refractivity contribution in [2.45, 2.75) is 135 Å². The zero-order chi connectivity index (χ0) is 52.8. The van der Waals surface area contributed by atoms with Gasteiger partial charge in [0.1, 0.15) is 48.3 Å². The minimum absolute atomic E-state index is 0.0140. The van der Waals surface area contributed by atoms with Crippen molar-refractivity contribution in [2.24, 2.45) is 39.9 Å². The van der Waals surface area contributed by atoms with Gasteiger partial charge >= 0.3 is 11.9 Å². The number of aliphatic hydroxyl groups excluding tert-OH is 1. The lowest BCUT2D eigenvalue weighted by molar-refractivity contribution is -0.144. The van der Waals surface area contributed by atoms with Crippen LogP contribution in [0.5, 0.6) is 0 Å². The second-order valence-electron chi connectivity index (χ2n) is 17.8. The molecule has 0 spiro atoms. The molecule has 25 heteroatoms.